The molecule has 0 aromatic heterocycles. The fourth-order valence-electron chi connectivity index (χ4n) is 1.01. The van der Waals surface area contributed by atoms with Crippen molar-refractivity contribution in [2.75, 3.05) is 0 Å². The van der Waals surface area contributed by atoms with Crippen molar-refractivity contribution >= 4 is 11.4 Å². The van der Waals surface area contributed by atoms with E-state index in [9.17, 15) is 0 Å². The Bertz CT molecular complexity index is 368. The predicted molar refractivity (Wildman–Crippen MR) is 51.3 cm³/mol. The largest absolute Gasteiger partial charge is 0.508 e. The highest BCUT2D eigenvalue weighted by atomic mass is 16.4. The van der Waals surface area contributed by atoms with Crippen molar-refractivity contribution < 1.29 is 15.5 Å². The summed E-state index contributed by atoms with van der Waals surface area (Å²) in [6.07, 6.45) is 0. The van der Waals surface area contributed by atoms with Gasteiger partial charge in [-0.2, -0.15) is 0 Å². The highest BCUT2D eigenvalue weighted by molar-refractivity contribution is 6.47. The third kappa shape index (κ3) is 2.01. The van der Waals surface area contributed by atoms with Crippen LogP contribution in [0.25, 0.3) is 0 Å². The molecule has 3 N–H and O–H groups in total. The zero-order valence-corrected chi connectivity index (χ0v) is 7.55. The van der Waals surface area contributed by atoms with Crippen LogP contribution in [-0.4, -0.2) is 26.9 Å². The highest BCUT2D eigenvalue weighted by Crippen LogP contribution is 2.11. The molecule has 0 radical (unpaired) electrons. The molecular formula is C9H10N2O3. The van der Waals surface area contributed by atoms with Crippen molar-refractivity contribution in [2.45, 2.75) is 6.92 Å². The van der Waals surface area contributed by atoms with Crippen molar-refractivity contribution in [3.05, 3.63) is 29.8 Å². The predicted octanol–water partition coefficient (Wildman–Crippen LogP) is 1.42. The van der Waals surface area contributed by atoms with Gasteiger partial charge in [0.15, 0.2) is 0 Å². The zero-order valence-electron chi connectivity index (χ0n) is 7.55. The molecule has 1 rings (SSSR count). The van der Waals surface area contributed by atoms with Crippen molar-refractivity contribution in [2.24, 2.45) is 10.3 Å². The molecule has 0 amide bonds. The number of phenols is 1. The summed E-state index contributed by atoms with van der Waals surface area (Å²) in [5.41, 5.74) is 0.909. The van der Waals surface area contributed by atoms with Gasteiger partial charge < -0.3 is 15.5 Å². The quantitative estimate of drug-likeness (QED) is 0.378. The Balaban J connectivity index is 3.09. The molecule has 14 heavy (non-hydrogen) atoms. The standard InChI is InChI=1S/C9H10N2O3/c1-6(10-13)9(11-14)7-2-4-8(12)5-3-7/h2-5,12-14H,1H3/b10-6+,11-9+. The van der Waals surface area contributed by atoms with Gasteiger partial charge in [-0.25, -0.2) is 0 Å². The number of nitrogens with zero attached hydrogens (tertiary/aromatic N) is 2. The van der Waals surface area contributed by atoms with Crippen molar-refractivity contribution in [1.82, 2.24) is 0 Å². The smallest absolute Gasteiger partial charge is 0.134 e. The number of hydrogen-bond acceptors (Lipinski definition) is 5. The van der Waals surface area contributed by atoms with Gasteiger partial charge in [0.05, 0.1) is 0 Å². The van der Waals surface area contributed by atoms with Gasteiger partial charge in [0.1, 0.15) is 17.2 Å². The third-order valence-electron chi connectivity index (χ3n) is 1.73. The van der Waals surface area contributed by atoms with Crippen LogP contribution in [0.3, 0.4) is 0 Å². The van der Waals surface area contributed by atoms with Gasteiger partial charge in [-0.15, -0.1) is 0 Å². The van der Waals surface area contributed by atoms with Crippen LogP contribution < -0.4 is 0 Å². The lowest BCUT2D eigenvalue weighted by atomic mass is 10.1. The topological polar surface area (TPSA) is 85.4 Å². The van der Waals surface area contributed by atoms with E-state index in [-0.39, 0.29) is 17.2 Å². The van der Waals surface area contributed by atoms with Gasteiger partial charge in [-0.1, -0.05) is 10.3 Å². The zero-order chi connectivity index (χ0) is 10.6. The first kappa shape index (κ1) is 10.0. The molecule has 0 heterocycles. The Kier molecular flexibility index (Phi) is 3.06. The molecule has 0 atom stereocenters. The van der Waals surface area contributed by atoms with E-state index in [1.165, 1.54) is 19.1 Å². The molecular weight excluding hydrogens is 184 g/mol. The van der Waals surface area contributed by atoms with Crippen LogP contribution in [0.15, 0.2) is 34.6 Å². The first-order chi connectivity index (χ1) is 6.69. The summed E-state index contributed by atoms with van der Waals surface area (Å²) in [6.45, 7) is 1.50. The Morgan fingerprint density at radius 3 is 2.07 bits per heavy atom. The molecule has 74 valence electrons. The van der Waals surface area contributed by atoms with Crippen LogP contribution in [0.1, 0.15) is 12.5 Å². The summed E-state index contributed by atoms with van der Waals surface area (Å²) < 4.78 is 0. The van der Waals surface area contributed by atoms with Crippen LogP contribution in [-0.2, 0) is 0 Å². The molecule has 0 aliphatic rings. The lowest BCUT2D eigenvalue weighted by molar-refractivity contribution is 0.314. The number of aromatic hydroxyl groups is 1. The minimum atomic E-state index is 0.115. The average Bonchev–Trinajstić information content (AvgIpc) is 2.21. The fourth-order valence-corrected chi connectivity index (χ4v) is 1.01. The number of hydrogen-bond donors (Lipinski definition) is 3. The van der Waals surface area contributed by atoms with Gasteiger partial charge >= 0.3 is 0 Å². The van der Waals surface area contributed by atoms with E-state index in [2.05, 4.69) is 10.3 Å². The summed E-state index contributed by atoms with van der Waals surface area (Å²) in [4.78, 5) is 0. The molecule has 0 aliphatic heterocycles. The molecule has 0 aliphatic carbocycles. The van der Waals surface area contributed by atoms with E-state index in [1.807, 2.05) is 0 Å². The van der Waals surface area contributed by atoms with E-state index in [0.717, 1.165) is 0 Å². The van der Waals surface area contributed by atoms with E-state index >= 15 is 0 Å². The second-order valence-electron chi connectivity index (χ2n) is 2.68. The van der Waals surface area contributed by atoms with Crippen LogP contribution >= 0.6 is 0 Å². The Morgan fingerprint density at radius 1 is 1.07 bits per heavy atom. The molecule has 5 nitrogen and oxygen atoms in total. The number of rotatable bonds is 2. The second-order valence-corrected chi connectivity index (χ2v) is 2.68. The summed E-state index contributed by atoms with van der Waals surface area (Å²) in [7, 11) is 0. The normalized spacial score (nSPS) is 12.9. The van der Waals surface area contributed by atoms with Crippen molar-refractivity contribution in [3.63, 3.8) is 0 Å². The van der Waals surface area contributed by atoms with Gasteiger partial charge in [0, 0.05) is 5.56 Å². The van der Waals surface area contributed by atoms with Gasteiger partial charge in [0.2, 0.25) is 0 Å². The molecule has 0 spiro atoms. The number of oxime groups is 2. The molecule has 1 aromatic rings. The maximum absolute atomic E-state index is 9.02. The van der Waals surface area contributed by atoms with Crippen LogP contribution in [0, 0.1) is 0 Å². The minimum Gasteiger partial charge on any atom is -0.508 e. The summed E-state index contributed by atoms with van der Waals surface area (Å²) in [5, 5.41) is 32.1. The number of phenolic OH excluding ortho intramolecular Hbond substituents is 1. The van der Waals surface area contributed by atoms with Gasteiger partial charge in [-0.3, -0.25) is 0 Å². The Labute approximate surface area is 80.6 Å². The number of benzene rings is 1. The SMILES string of the molecule is CC(=N\O)/C(=N\O)c1ccc(O)cc1. The van der Waals surface area contributed by atoms with E-state index in [0.29, 0.717) is 5.56 Å². The van der Waals surface area contributed by atoms with E-state index < -0.39 is 0 Å². The summed E-state index contributed by atoms with van der Waals surface area (Å²) in [6, 6.07) is 6.01. The molecule has 0 fully saturated rings. The van der Waals surface area contributed by atoms with Crippen LogP contribution in [0.5, 0.6) is 5.75 Å². The maximum atomic E-state index is 9.02. The fraction of sp³-hybridized carbons (Fsp3) is 0.111. The van der Waals surface area contributed by atoms with E-state index in [1.54, 1.807) is 12.1 Å². The molecule has 0 unspecified atom stereocenters. The summed E-state index contributed by atoms with van der Waals surface area (Å²) in [5.74, 6) is 0.115. The van der Waals surface area contributed by atoms with Gasteiger partial charge in [0.25, 0.3) is 0 Å². The monoisotopic (exact) mass is 194 g/mol. The molecule has 0 saturated heterocycles. The molecule has 5 heteroatoms. The summed E-state index contributed by atoms with van der Waals surface area (Å²) >= 11 is 0. The van der Waals surface area contributed by atoms with Crippen molar-refractivity contribution in [1.29, 1.82) is 0 Å². The molecule has 1 aromatic carbocycles. The minimum absolute atomic E-state index is 0.115. The van der Waals surface area contributed by atoms with Crippen molar-refractivity contribution in [3.8, 4) is 5.75 Å². The third-order valence-corrected chi connectivity index (χ3v) is 1.73. The Morgan fingerprint density at radius 2 is 1.64 bits per heavy atom. The first-order valence-electron chi connectivity index (χ1n) is 3.89. The van der Waals surface area contributed by atoms with E-state index in [4.69, 9.17) is 15.5 Å². The van der Waals surface area contributed by atoms with Crippen LogP contribution in [0.4, 0.5) is 0 Å². The van der Waals surface area contributed by atoms with Crippen LogP contribution in [0.2, 0.25) is 0 Å². The molecule has 0 saturated carbocycles. The Hall–Kier alpha value is -2.04. The van der Waals surface area contributed by atoms with Gasteiger partial charge in [-0.05, 0) is 31.2 Å². The maximum Gasteiger partial charge on any atom is 0.134 e. The lowest BCUT2D eigenvalue weighted by Crippen LogP contribution is -2.11. The molecule has 0 bridgehead atoms. The first-order valence-corrected chi connectivity index (χ1v) is 3.89. The average molecular weight is 194 g/mol. The highest BCUT2D eigenvalue weighted by Gasteiger charge is 2.08. The second kappa shape index (κ2) is 4.27. The lowest BCUT2D eigenvalue weighted by Gasteiger charge is -2.02.